The van der Waals surface area contributed by atoms with E-state index in [2.05, 4.69) is 20.8 Å². The predicted molar refractivity (Wildman–Crippen MR) is 99.3 cm³/mol. The van der Waals surface area contributed by atoms with Gasteiger partial charge in [-0.25, -0.2) is 0 Å². The first-order chi connectivity index (χ1) is 12.0. The van der Waals surface area contributed by atoms with Gasteiger partial charge in [-0.05, 0) is 43.9 Å². The van der Waals surface area contributed by atoms with Gasteiger partial charge in [0.2, 0.25) is 0 Å². The zero-order valence-electron chi connectivity index (χ0n) is 16.7. The van der Waals surface area contributed by atoms with E-state index in [9.17, 15) is 9.59 Å². The Hall–Kier alpha value is -1.10. The summed E-state index contributed by atoms with van der Waals surface area (Å²) in [4.78, 5) is 23.4. The van der Waals surface area contributed by atoms with Crippen molar-refractivity contribution in [2.24, 2.45) is 11.8 Å². The minimum atomic E-state index is -0.230. The first kappa shape index (κ1) is 23.9. The molecule has 0 saturated carbocycles. The zero-order valence-corrected chi connectivity index (χ0v) is 16.7. The summed E-state index contributed by atoms with van der Waals surface area (Å²) in [6.07, 6.45) is 7.21. The lowest BCUT2D eigenvalue weighted by molar-refractivity contribution is -0.146. The minimum Gasteiger partial charge on any atom is -0.466 e. The van der Waals surface area contributed by atoms with Crippen molar-refractivity contribution in [3.63, 3.8) is 0 Å². The van der Waals surface area contributed by atoms with Crippen molar-refractivity contribution in [3.05, 3.63) is 0 Å². The fourth-order valence-electron chi connectivity index (χ4n) is 2.50. The SMILES string of the molecule is CCCCC(CCOC)COC(=O)CCCC(=O)OCCCC(C)C. The molecule has 0 spiro atoms. The maximum atomic E-state index is 11.8. The number of carbonyl (C=O) groups is 2. The van der Waals surface area contributed by atoms with E-state index < -0.39 is 0 Å². The highest BCUT2D eigenvalue weighted by Crippen LogP contribution is 2.14. The Morgan fingerprint density at radius 2 is 1.52 bits per heavy atom. The lowest BCUT2D eigenvalue weighted by atomic mass is 10.00. The average Bonchev–Trinajstić information content (AvgIpc) is 2.58. The van der Waals surface area contributed by atoms with Crippen LogP contribution in [-0.4, -0.2) is 38.9 Å². The van der Waals surface area contributed by atoms with E-state index in [4.69, 9.17) is 14.2 Å². The Bertz CT molecular complexity index is 333. The van der Waals surface area contributed by atoms with E-state index >= 15 is 0 Å². The smallest absolute Gasteiger partial charge is 0.305 e. The molecular weight excluding hydrogens is 320 g/mol. The third kappa shape index (κ3) is 16.1. The van der Waals surface area contributed by atoms with Gasteiger partial charge < -0.3 is 14.2 Å². The summed E-state index contributed by atoms with van der Waals surface area (Å²) in [5, 5.41) is 0. The number of hydrogen-bond acceptors (Lipinski definition) is 5. The molecule has 0 heterocycles. The van der Waals surface area contributed by atoms with Crippen molar-refractivity contribution in [2.75, 3.05) is 26.9 Å². The molecule has 0 aromatic heterocycles. The molecule has 5 nitrogen and oxygen atoms in total. The van der Waals surface area contributed by atoms with Crippen LogP contribution in [0.25, 0.3) is 0 Å². The van der Waals surface area contributed by atoms with Crippen molar-refractivity contribution in [2.45, 2.75) is 78.6 Å². The van der Waals surface area contributed by atoms with E-state index in [0.717, 1.165) is 38.5 Å². The molecule has 0 fully saturated rings. The normalized spacial score (nSPS) is 12.2. The van der Waals surface area contributed by atoms with Crippen LogP contribution in [0.1, 0.15) is 78.6 Å². The second kappa shape index (κ2) is 16.4. The first-order valence-electron chi connectivity index (χ1n) is 9.79. The minimum absolute atomic E-state index is 0.225. The van der Waals surface area contributed by atoms with E-state index in [1.165, 1.54) is 0 Å². The predicted octanol–water partition coefficient (Wildman–Crippen LogP) is 4.52. The molecular formula is C20H38O5. The number of carbonyl (C=O) groups excluding carboxylic acids is 2. The van der Waals surface area contributed by atoms with E-state index in [-0.39, 0.29) is 24.8 Å². The molecule has 0 bridgehead atoms. The first-order valence-corrected chi connectivity index (χ1v) is 9.79. The highest BCUT2D eigenvalue weighted by Gasteiger charge is 2.12. The molecule has 0 aliphatic heterocycles. The molecule has 5 heteroatoms. The maximum absolute atomic E-state index is 11.8. The zero-order chi connectivity index (χ0) is 18.9. The molecule has 0 aliphatic carbocycles. The third-order valence-corrected chi connectivity index (χ3v) is 4.13. The molecule has 0 aromatic rings. The van der Waals surface area contributed by atoms with Gasteiger partial charge in [-0.3, -0.25) is 9.59 Å². The van der Waals surface area contributed by atoms with E-state index in [1.54, 1.807) is 7.11 Å². The van der Waals surface area contributed by atoms with Gasteiger partial charge in [-0.2, -0.15) is 0 Å². The van der Waals surface area contributed by atoms with Crippen molar-refractivity contribution in [1.29, 1.82) is 0 Å². The summed E-state index contributed by atoms with van der Waals surface area (Å²) < 4.78 is 15.6. The molecule has 0 radical (unpaired) electrons. The fourth-order valence-corrected chi connectivity index (χ4v) is 2.50. The molecule has 0 aromatic carbocycles. The van der Waals surface area contributed by atoms with Gasteiger partial charge in [0.25, 0.3) is 0 Å². The monoisotopic (exact) mass is 358 g/mol. The Kier molecular flexibility index (Phi) is 15.7. The number of methoxy groups -OCH3 is 1. The second-order valence-corrected chi connectivity index (χ2v) is 7.08. The van der Waals surface area contributed by atoms with Crippen LogP contribution in [0.2, 0.25) is 0 Å². The van der Waals surface area contributed by atoms with Crippen LogP contribution in [0.15, 0.2) is 0 Å². The molecule has 0 N–H and O–H groups in total. The number of ether oxygens (including phenoxy) is 3. The van der Waals surface area contributed by atoms with Crippen LogP contribution < -0.4 is 0 Å². The topological polar surface area (TPSA) is 61.8 Å². The Morgan fingerprint density at radius 1 is 0.840 bits per heavy atom. The average molecular weight is 359 g/mol. The molecule has 0 saturated heterocycles. The summed E-state index contributed by atoms with van der Waals surface area (Å²) in [5.41, 5.74) is 0. The van der Waals surface area contributed by atoms with Crippen LogP contribution in [0.3, 0.4) is 0 Å². The molecule has 25 heavy (non-hydrogen) atoms. The number of esters is 2. The van der Waals surface area contributed by atoms with Crippen molar-refractivity contribution in [3.8, 4) is 0 Å². The van der Waals surface area contributed by atoms with Gasteiger partial charge in [0.15, 0.2) is 0 Å². The highest BCUT2D eigenvalue weighted by molar-refractivity contribution is 5.72. The largest absolute Gasteiger partial charge is 0.466 e. The van der Waals surface area contributed by atoms with Crippen molar-refractivity contribution in [1.82, 2.24) is 0 Å². The summed E-state index contributed by atoms with van der Waals surface area (Å²) in [6.45, 7) is 8.06. The van der Waals surface area contributed by atoms with Crippen LogP contribution in [0.5, 0.6) is 0 Å². The molecule has 0 rings (SSSR count). The molecule has 0 aliphatic rings. The van der Waals surface area contributed by atoms with Gasteiger partial charge in [-0.15, -0.1) is 0 Å². The van der Waals surface area contributed by atoms with Crippen molar-refractivity contribution >= 4 is 11.9 Å². The molecule has 1 atom stereocenters. The Morgan fingerprint density at radius 3 is 2.12 bits per heavy atom. The highest BCUT2D eigenvalue weighted by atomic mass is 16.5. The van der Waals surface area contributed by atoms with Gasteiger partial charge >= 0.3 is 11.9 Å². The lowest BCUT2D eigenvalue weighted by Crippen LogP contribution is -2.16. The number of unbranched alkanes of at least 4 members (excludes halogenated alkanes) is 1. The standard InChI is InChI=1S/C20H38O5/c1-5-6-10-18(13-15-23-4)16-25-20(22)12-7-11-19(21)24-14-8-9-17(2)3/h17-18H,5-16H2,1-4H3. The number of hydrogen-bond donors (Lipinski definition) is 0. The van der Waals surface area contributed by atoms with Gasteiger partial charge in [-0.1, -0.05) is 33.6 Å². The number of rotatable bonds is 16. The summed E-state index contributed by atoms with van der Waals surface area (Å²) in [5.74, 6) is 0.525. The maximum Gasteiger partial charge on any atom is 0.305 e. The lowest BCUT2D eigenvalue weighted by Gasteiger charge is -2.16. The van der Waals surface area contributed by atoms with Gasteiger partial charge in [0, 0.05) is 26.6 Å². The van der Waals surface area contributed by atoms with E-state index in [0.29, 0.717) is 38.1 Å². The van der Waals surface area contributed by atoms with Crippen LogP contribution in [0.4, 0.5) is 0 Å². The van der Waals surface area contributed by atoms with Gasteiger partial charge in [0.05, 0.1) is 13.2 Å². The van der Waals surface area contributed by atoms with Crippen molar-refractivity contribution < 1.29 is 23.8 Å². The van der Waals surface area contributed by atoms with E-state index in [1.807, 2.05) is 0 Å². The van der Waals surface area contributed by atoms with Gasteiger partial charge in [0.1, 0.15) is 0 Å². The third-order valence-electron chi connectivity index (χ3n) is 4.13. The second-order valence-electron chi connectivity index (χ2n) is 7.08. The van der Waals surface area contributed by atoms with Crippen LogP contribution in [-0.2, 0) is 23.8 Å². The summed E-state index contributed by atoms with van der Waals surface area (Å²) >= 11 is 0. The van der Waals surface area contributed by atoms with Crippen LogP contribution >= 0.6 is 0 Å². The Balaban J connectivity index is 3.77. The molecule has 1 unspecified atom stereocenters. The summed E-state index contributed by atoms with van der Waals surface area (Å²) in [7, 11) is 1.69. The quantitative estimate of drug-likeness (QED) is 0.300. The Labute approximate surface area is 153 Å². The molecule has 148 valence electrons. The summed E-state index contributed by atoms with van der Waals surface area (Å²) in [6, 6.07) is 0. The fraction of sp³-hybridized carbons (Fsp3) is 0.900. The van der Waals surface area contributed by atoms with Crippen LogP contribution in [0, 0.1) is 11.8 Å². The molecule has 0 amide bonds.